The Balaban J connectivity index is 1.89. The molecule has 1 aromatic carbocycles. The number of nitrogens with zero attached hydrogens (tertiary/aromatic N) is 1. The molecule has 90 valence electrons. The molecule has 1 aliphatic rings. The number of nitrogens with one attached hydrogen (secondary N) is 1. The van der Waals surface area contributed by atoms with Crippen LogP contribution >= 0.6 is 11.5 Å². The molecule has 1 saturated heterocycles. The fraction of sp³-hybridized carbons (Fsp3) is 0.462. The number of fused-ring (bicyclic) bond motifs is 1. The molecule has 1 N–H and O–H groups in total. The molecule has 2 heterocycles. The first-order valence-corrected chi connectivity index (χ1v) is 6.94. The van der Waals surface area contributed by atoms with Gasteiger partial charge in [-0.3, -0.25) is 8.75 Å². The molecule has 4 heteroatoms. The molecule has 0 bridgehead atoms. The van der Waals surface area contributed by atoms with Gasteiger partial charge in [-0.1, -0.05) is 30.1 Å². The molecule has 0 aliphatic carbocycles. The molecule has 2 aromatic rings. The Morgan fingerprint density at radius 3 is 3.00 bits per heavy atom. The van der Waals surface area contributed by atoms with Crippen molar-refractivity contribution in [3.8, 4) is 0 Å². The van der Waals surface area contributed by atoms with Crippen LogP contribution in [0, 0.1) is 0 Å². The van der Waals surface area contributed by atoms with Crippen LogP contribution in [0.2, 0.25) is 0 Å². The van der Waals surface area contributed by atoms with Gasteiger partial charge in [-0.05, 0) is 31.5 Å². The summed E-state index contributed by atoms with van der Waals surface area (Å²) in [6, 6.07) is 8.32. The van der Waals surface area contributed by atoms with E-state index in [-0.39, 0.29) is 5.56 Å². The van der Waals surface area contributed by atoms with E-state index in [2.05, 4.69) is 5.32 Å². The molecule has 0 spiro atoms. The predicted molar refractivity (Wildman–Crippen MR) is 71.7 cm³/mol. The van der Waals surface area contributed by atoms with Crippen molar-refractivity contribution in [1.82, 2.24) is 9.27 Å². The van der Waals surface area contributed by atoms with Crippen LogP contribution in [0.15, 0.2) is 29.1 Å². The van der Waals surface area contributed by atoms with Crippen LogP contribution in [0.1, 0.15) is 19.3 Å². The highest BCUT2D eigenvalue weighted by Crippen LogP contribution is 2.17. The fourth-order valence-corrected chi connectivity index (χ4v) is 3.48. The summed E-state index contributed by atoms with van der Waals surface area (Å²) in [4.78, 5) is 12.1. The normalized spacial score (nSPS) is 20.8. The van der Waals surface area contributed by atoms with Crippen LogP contribution < -0.4 is 10.9 Å². The van der Waals surface area contributed by atoms with Gasteiger partial charge in [0, 0.05) is 6.04 Å². The molecule has 3 nitrogen and oxygen atoms in total. The maximum absolute atomic E-state index is 12.1. The molecule has 3 rings (SSSR count). The van der Waals surface area contributed by atoms with Crippen LogP contribution in [0.3, 0.4) is 0 Å². The van der Waals surface area contributed by atoms with Crippen LogP contribution in [-0.4, -0.2) is 16.5 Å². The van der Waals surface area contributed by atoms with E-state index in [4.69, 9.17) is 0 Å². The van der Waals surface area contributed by atoms with Gasteiger partial charge in [-0.25, -0.2) is 0 Å². The smallest absolute Gasteiger partial charge is 0.268 e. The topological polar surface area (TPSA) is 34.0 Å². The molecule has 1 fully saturated rings. The van der Waals surface area contributed by atoms with Gasteiger partial charge >= 0.3 is 0 Å². The van der Waals surface area contributed by atoms with E-state index in [0.717, 1.165) is 23.2 Å². The number of aromatic nitrogens is 1. The summed E-state index contributed by atoms with van der Waals surface area (Å²) in [6.07, 6.45) is 3.72. The lowest BCUT2D eigenvalue weighted by Crippen LogP contribution is -2.38. The highest BCUT2D eigenvalue weighted by atomic mass is 32.1. The van der Waals surface area contributed by atoms with E-state index >= 15 is 0 Å². The van der Waals surface area contributed by atoms with Crippen LogP contribution in [0.25, 0.3) is 10.1 Å². The van der Waals surface area contributed by atoms with Crippen LogP contribution in [-0.2, 0) is 6.54 Å². The number of hydrogen-bond donors (Lipinski definition) is 1. The molecule has 0 radical (unpaired) electrons. The fourth-order valence-electron chi connectivity index (χ4n) is 2.42. The van der Waals surface area contributed by atoms with E-state index < -0.39 is 0 Å². The predicted octanol–water partition coefficient (Wildman–Crippen LogP) is 2.21. The third-order valence-electron chi connectivity index (χ3n) is 3.35. The molecule has 0 saturated carbocycles. The molecule has 1 unspecified atom stereocenters. The van der Waals surface area contributed by atoms with E-state index in [9.17, 15) is 4.79 Å². The zero-order valence-corrected chi connectivity index (χ0v) is 10.5. The van der Waals surface area contributed by atoms with Gasteiger partial charge in [-0.2, -0.15) is 0 Å². The minimum absolute atomic E-state index is 0.165. The van der Waals surface area contributed by atoms with Crippen molar-refractivity contribution in [3.63, 3.8) is 0 Å². The Morgan fingerprint density at radius 2 is 2.24 bits per heavy atom. The SMILES string of the molecule is O=c1c2ccccc2sn1CC1CCCCN1. The lowest BCUT2D eigenvalue weighted by molar-refractivity contribution is 0.369. The van der Waals surface area contributed by atoms with Crippen molar-refractivity contribution in [3.05, 3.63) is 34.6 Å². The number of rotatable bonds is 2. The monoisotopic (exact) mass is 248 g/mol. The summed E-state index contributed by atoms with van der Waals surface area (Å²) < 4.78 is 2.99. The summed E-state index contributed by atoms with van der Waals surface area (Å²) in [5.41, 5.74) is 0.165. The highest BCUT2D eigenvalue weighted by Gasteiger charge is 2.15. The van der Waals surface area contributed by atoms with Crippen molar-refractivity contribution < 1.29 is 0 Å². The highest BCUT2D eigenvalue weighted by molar-refractivity contribution is 7.13. The van der Waals surface area contributed by atoms with Gasteiger partial charge in [0.25, 0.3) is 5.56 Å². The van der Waals surface area contributed by atoms with Crippen molar-refractivity contribution in [2.45, 2.75) is 31.8 Å². The lowest BCUT2D eigenvalue weighted by atomic mass is 10.1. The maximum Gasteiger partial charge on any atom is 0.268 e. The quantitative estimate of drug-likeness (QED) is 0.884. The Morgan fingerprint density at radius 1 is 1.35 bits per heavy atom. The van der Waals surface area contributed by atoms with Crippen molar-refractivity contribution in [2.24, 2.45) is 0 Å². The third kappa shape index (κ3) is 2.15. The zero-order chi connectivity index (χ0) is 11.7. The zero-order valence-electron chi connectivity index (χ0n) is 9.69. The van der Waals surface area contributed by atoms with E-state index in [1.165, 1.54) is 19.3 Å². The Hall–Kier alpha value is -1.13. The summed E-state index contributed by atoms with van der Waals surface area (Å²) in [5.74, 6) is 0. The van der Waals surface area contributed by atoms with Gasteiger partial charge in [0.15, 0.2) is 0 Å². The molecule has 17 heavy (non-hydrogen) atoms. The van der Waals surface area contributed by atoms with Crippen molar-refractivity contribution >= 4 is 21.6 Å². The number of piperidine rings is 1. The first kappa shape index (κ1) is 11.0. The molecular formula is C13H16N2OS. The number of hydrogen-bond acceptors (Lipinski definition) is 3. The van der Waals surface area contributed by atoms with Gasteiger partial charge in [0.05, 0.1) is 16.6 Å². The average molecular weight is 248 g/mol. The lowest BCUT2D eigenvalue weighted by Gasteiger charge is -2.22. The van der Waals surface area contributed by atoms with Gasteiger partial charge in [0.1, 0.15) is 0 Å². The molecule has 1 atom stereocenters. The minimum Gasteiger partial charge on any atom is -0.312 e. The number of benzene rings is 1. The summed E-state index contributed by atoms with van der Waals surface area (Å²) >= 11 is 1.58. The molecular weight excluding hydrogens is 232 g/mol. The Kier molecular flexibility index (Phi) is 2.99. The van der Waals surface area contributed by atoms with Crippen LogP contribution in [0.5, 0.6) is 0 Å². The largest absolute Gasteiger partial charge is 0.312 e. The molecule has 0 amide bonds. The van der Waals surface area contributed by atoms with Gasteiger partial charge < -0.3 is 5.32 Å². The van der Waals surface area contributed by atoms with E-state index in [1.807, 2.05) is 28.2 Å². The second-order valence-electron chi connectivity index (χ2n) is 4.60. The first-order valence-electron chi connectivity index (χ1n) is 6.17. The van der Waals surface area contributed by atoms with Gasteiger partial charge in [0.2, 0.25) is 0 Å². The average Bonchev–Trinajstić information content (AvgIpc) is 2.68. The maximum atomic E-state index is 12.1. The summed E-state index contributed by atoms with van der Waals surface area (Å²) in [6.45, 7) is 1.91. The third-order valence-corrected chi connectivity index (χ3v) is 4.44. The molecule has 1 aromatic heterocycles. The van der Waals surface area contributed by atoms with Gasteiger partial charge in [-0.15, -0.1) is 0 Å². The Labute approximate surface area is 104 Å². The summed E-state index contributed by atoms with van der Waals surface area (Å²) in [5, 5.41) is 4.34. The van der Waals surface area contributed by atoms with Crippen LogP contribution in [0.4, 0.5) is 0 Å². The molecule has 1 aliphatic heterocycles. The Bertz CT molecular complexity index is 566. The minimum atomic E-state index is 0.165. The standard InChI is InChI=1S/C13H16N2OS/c16-13-11-6-1-2-7-12(11)17-15(13)9-10-5-3-4-8-14-10/h1-2,6-7,10,14H,3-5,8-9H2. The second kappa shape index (κ2) is 4.63. The summed E-state index contributed by atoms with van der Waals surface area (Å²) in [7, 11) is 0. The van der Waals surface area contributed by atoms with E-state index in [1.54, 1.807) is 11.5 Å². The van der Waals surface area contributed by atoms with Crippen molar-refractivity contribution in [2.75, 3.05) is 6.54 Å². The van der Waals surface area contributed by atoms with E-state index in [0.29, 0.717) is 6.04 Å². The first-order chi connectivity index (χ1) is 8.34. The second-order valence-corrected chi connectivity index (χ2v) is 5.66. The van der Waals surface area contributed by atoms with Crippen molar-refractivity contribution in [1.29, 1.82) is 0 Å².